The van der Waals surface area contributed by atoms with Gasteiger partial charge in [0.05, 0.1) is 0 Å². The molecule has 0 N–H and O–H groups in total. The number of hydrogen-bond acceptors (Lipinski definition) is 1. The molecule has 0 saturated carbocycles. The summed E-state index contributed by atoms with van der Waals surface area (Å²) in [5.41, 5.74) is 0. The summed E-state index contributed by atoms with van der Waals surface area (Å²) < 4.78 is 0. The first-order valence-electron chi connectivity index (χ1n) is 3.37. The summed E-state index contributed by atoms with van der Waals surface area (Å²) >= 11 is 0. The predicted octanol–water partition coefficient (Wildman–Crippen LogP) is 1.84. The molecule has 0 spiro atoms. The Morgan fingerprint density at radius 1 is 1.45 bits per heavy atom. The van der Waals surface area contributed by atoms with Gasteiger partial charge in [0.2, 0.25) is 0 Å². The number of allylic oxidation sites excluding steroid dienone is 1. The number of carbonyl (C=O) groups excluding carboxylic acids is 1. The Morgan fingerprint density at radius 2 is 2.18 bits per heavy atom. The van der Waals surface area contributed by atoms with Crippen molar-refractivity contribution in [3.8, 4) is 11.8 Å². The Labute approximate surface area is 93.5 Å². The van der Waals surface area contributed by atoms with Crippen molar-refractivity contribution in [3.05, 3.63) is 12.7 Å². The summed E-state index contributed by atoms with van der Waals surface area (Å²) in [5.74, 6) is 4.93. The van der Waals surface area contributed by atoms with Crippen LogP contribution in [-0.2, 0) is 37.5 Å². The van der Waals surface area contributed by atoms with Crippen molar-refractivity contribution < 1.29 is 37.5 Å². The van der Waals surface area contributed by atoms with Crippen LogP contribution in [0.5, 0.6) is 0 Å². The van der Waals surface area contributed by atoms with E-state index in [9.17, 15) is 4.79 Å². The molecule has 0 aliphatic rings. The molecule has 0 amide bonds. The zero-order valence-corrected chi connectivity index (χ0v) is 9.44. The molecule has 0 aromatic rings. The van der Waals surface area contributed by atoms with Crippen LogP contribution >= 0.6 is 0 Å². The van der Waals surface area contributed by atoms with E-state index in [1.54, 1.807) is 0 Å². The van der Waals surface area contributed by atoms with Crippen LogP contribution in [0, 0.1) is 11.8 Å². The monoisotopic (exact) mass is 224 g/mol. The van der Waals surface area contributed by atoms with E-state index in [4.69, 9.17) is 0 Å². The van der Waals surface area contributed by atoms with Crippen LogP contribution in [0.15, 0.2) is 12.7 Å². The third-order valence-electron chi connectivity index (χ3n) is 1.10. The molecule has 57 valence electrons. The molecule has 0 heterocycles. The topological polar surface area (TPSA) is 17.1 Å². The average molecular weight is 224 g/mol. The minimum Gasteiger partial charge on any atom is -0.409 e. The standard InChI is InChI=1S/C9H11O.Y/c1-2-3-4-5-6-7-8-9-10;/h2H,1,3-6H2;/q-1;. The third-order valence-corrected chi connectivity index (χ3v) is 1.10. The third kappa shape index (κ3) is 13.1. The van der Waals surface area contributed by atoms with Gasteiger partial charge in [-0.2, -0.15) is 0 Å². The SMILES string of the molecule is C=CCCCCC#C[C-]=O.[Y]. The van der Waals surface area contributed by atoms with Crippen molar-refractivity contribution >= 4 is 6.29 Å². The Bertz CT molecular complexity index is 153. The Kier molecular flexibility index (Phi) is 15.8. The maximum Gasteiger partial charge on any atom is 0.0398 e. The maximum absolute atomic E-state index is 9.58. The summed E-state index contributed by atoms with van der Waals surface area (Å²) in [6, 6.07) is 0. The molecule has 0 saturated heterocycles. The van der Waals surface area contributed by atoms with Gasteiger partial charge in [-0.3, -0.25) is 5.92 Å². The molecule has 0 unspecified atom stereocenters. The fourth-order valence-corrected chi connectivity index (χ4v) is 0.601. The van der Waals surface area contributed by atoms with Gasteiger partial charge in [0, 0.05) is 39.0 Å². The second kappa shape index (κ2) is 12.7. The van der Waals surface area contributed by atoms with Crippen LogP contribution < -0.4 is 0 Å². The van der Waals surface area contributed by atoms with E-state index in [1.165, 1.54) is 6.29 Å². The van der Waals surface area contributed by atoms with E-state index in [0.717, 1.165) is 25.7 Å². The van der Waals surface area contributed by atoms with Crippen LogP contribution in [0.25, 0.3) is 0 Å². The summed E-state index contributed by atoms with van der Waals surface area (Å²) in [6.07, 6.45) is 7.39. The van der Waals surface area contributed by atoms with E-state index >= 15 is 0 Å². The zero-order valence-electron chi connectivity index (χ0n) is 6.60. The first-order valence-corrected chi connectivity index (χ1v) is 3.37. The van der Waals surface area contributed by atoms with Crippen molar-refractivity contribution in [1.29, 1.82) is 0 Å². The fraction of sp³-hybridized carbons (Fsp3) is 0.444. The molecule has 0 aromatic heterocycles. The quantitative estimate of drug-likeness (QED) is 0.308. The maximum atomic E-state index is 9.58. The Balaban J connectivity index is 0. The van der Waals surface area contributed by atoms with Gasteiger partial charge in [-0.25, -0.2) is 0 Å². The number of hydrogen-bond donors (Lipinski definition) is 0. The van der Waals surface area contributed by atoms with Gasteiger partial charge >= 0.3 is 0 Å². The average Bonchev–Trinajstić information content (AvgIpc) is 1.97. The van der Waals surface area contributed by atoms with Crippen LogP contribution in [0.2, 0.25) is 0 Å². The van der Waals surface area contributed by atoms with Gasteiger partial charge in [-0.15, -0.1) is 6.58 Å². The molecule has 1 nitrogen and oxygen atoms in total. The number of unbranched alkanes of at least 4 members (excludes halogenated alkanes) is 3. The molecule has 2 heteroatoms. The molecule has 1 radical (unpaired) electrons. The molecular weight excluding hydrogens is 213 g/mol. The first kappa shape index (κ1) is 13.6. The minimum absolute atomic E-state index is 0. The van der Waals surface area contributed by atoms with Gasteiger partial charge in [0.25, 0.3) is 0 Å². The van der Waals surface area contributed by atoms with Crippen molar-refractivity contribution in [2.45, 2.75) is 25.7 Å². The van der Waals surface area contributed by atoms with Crippen LogP contribution in [0.3, 0.4) is 0 Å². The smallest absolute Gasteiger partial charge is 0.0398 e. The molecule has 0 aliphatic carbocycles. The second-order valence-corrected chi connectivity index (χ2v) is 1.94. The van der Waals surface area contributed by atoms with Crippen molar-refractivity contribution in [2.75, 3.05) is 0 Å². The van der Waals surface area contributed by atoms with Crippen molar-refractivity contribution in [2.24, 2.45) is 0 Å². The Hall–Kier alpha value is 0.0739. The summed E-state index contributed by atoms with van der Waals surface area (Å²) in [4.78, 5) is 9.58. The van der Waals surface area contributed by atoms with E-state index in [0.29, 0.717) is 0 Å². The molecule has 0 bridgehead atoms. The van der Waals surface area contributed by atoms with Crippen LogP contribution in [-0.4, -0.2) is 6.29 Å². The van der Waals surface area contributed by atoms with Gasteiger partial charge in [-0.1, -0.05) is 25.3 Å². The summed E-state index contributed by atoms with van der Waals surface area (Å²) in [6.45, 7) is 3.60. The normalized spacial score (nSPS) is 6.91. The van der Waals surface area contributed by atoms with Crippen molar-refractivity contribution in [3.63, 3.8) is 0 Å². The number of rotatable bonds is 4. The van der Waals surface area contributed by atoms with Gasteiger partial charge in [0.1, 0.15) is 0 Å². The van der Waals surface area contributed by atoms with E-state index in [2.05, 4.69) is 18.4 Å². The molecule has 0 atom stereocenters. The van der Waals surface area contributed by atoms with Crippen molar-refractivity contribution in [1.82, 2.24) is 0 Å². The van der Waals surface area contributed by atoms with Gasteiger partial charge < -0.3 is 10.7 Å². The molecular formula is C9H11OY-. The Morgan fingerprint density at radius 3 is 2.73 bits per heavy atom. The fourth-order valence-electron chi connectivity index (χ4n) is 0.601. The summed E-state index contributed by atoms with van der Waals surface area (Å²) in [7, 11) is 0. The molecule has 0 aromatic carbocycles. The van der Waals surface area contributed by atoms with Gasteiger partial charge in [-0.05, 0) is 6.42 Å². The second-order valence-electron chi connectivity index (χ2n) is 1.94. The van der Waals surface area contributed by atoms with E-state index in [-0.39, 0.29) is 32.7 Å². The molecule has 11 heavy (non-hydrogen) atoms. The van der Waals surface area contributed by atoms with Crippen LogP contribution in [0.4, 0.5) is 0 Å². The summed E-state index contributed by atoms with van der Waals surface area (Å²) in [5, 5.41) is 0. The molecule has 0 aliphatic heterocycles. The largest absolute Gasteiger partial charge is 0.409 e. The van der Waals surface area contributed by atoms with E-state index < -0.39 is 0 Å². The van der Waals surface area contributed by atoms with E-state index in [1.807, 2.05) is 6.08 Å². The zero-order chi connectivity index (χ0) is 7.66. The first-order chi connectivity index (χ1) is 4.91. The van der Waals surface area contributed by atoms with Crippen LogP contribution in [0.1, 0.15) is 25.7 Å². The predicted molar refractivity (Wildman–Crippen MR) is 42.1 cm³/mol. The van der Waals surface area contributed by atoms with Gasteiger partial charge in [0.15, 0.2) is 0 Å². The molecule has 0 rings (SSSR count). The minimum atomic E-state index is 0. The molecule has 0 fully saturated rings.